The van der Waals surface area contributed by atoms with Crippen LogP contribution in [0.1, 0.15) is 59.8 Å². The van der Waals surface area contributed by atoms with Crippen molar-refractivity contribution in [1.82, 2.24) is 20.4 Å². The van der Waals surface area contributed by atoms with Crippen LogP contribution in [0.5, 0.6) is 0 Å². The second-order valence-electron chi connectivity index (χ2n) is 7.48. The minimum atomic E-state index is -4.47. The molecule has 2 heterocycles. The number of piperidine rings is 1. The number of amides is 2. The molecule has 2 aromatic rings. The maximum absolute atomic E-state index is 13.0. The first-order valence-electron chi connectivity index (χ1n) is 10.0. The van der Waals surface area contributed by atoms with Gasteiger partial charge in [-0.25, -0.2) is 0 Å². The van der Waals surface area contributed by atoms with Gasteiger partial charge in [0, 0.05) is 24.7 Å². The van der Waals surface area contributed by atoms with Gasteiger partial charge in [-0.3, -0.25) is 14.7 Å². The summed E-state index contributed by atoms with van der Waals surface area (Å²) in [4.78, 5) is 26.7. The predicted molar refractivity (Wildman–Crippen MR) is 105 cm³/mol. The molecule has 0 saturated carbocycles. The summed E-state index contributed by atoms with van der Waals surface area (Å²) in [7, 11) is 0. The molecule has 1 aliphatic rings. The number of hydrogen-bond acceptors (Lipinski definition) is 3. The quantitative estimate of drug-likeness (QED) is 0.747. The highest BCUT2D eigenvalue weighted by atomic mass is 19.4. The third-order valence-electron chi connectivity index (χ3n) is 5.43. The minimum absolute atomic E-state index is 0.0668. The molecule has 1 saturated heterocycles. The number of aromatic nitrogens is 2. The largest absolute Gasteiger partial charge is 0.405 e. The fourth-order valence-electron chi connectivity index (χ4n) is 3.80. The van der Waals surface area contributed by atoms with Gasteiger partial charge in [-0.15, -0.1) is 0 Å². The number of alkyl halides is 3. The monoisotopic (exact) mass is 422 g/mol. The van der Waals surface area contributed by atoms with E-state index in [0.717, 1.165) is 12.0 Å². The maximum Gasteiger partial charge on any atom is 0.405 e. The van der Waals surface area contributed by atoms with Gasteiger partial charge >= 0.3 is 6.18 Å². The van der Waals surface area contributed by atoms with Crippen molar-refractivity contribution in [1.29, 1.82) is 0 Å². The second kappa shape index (κ2) is 9.32. The summed E-state index contributed by atoms with van der Waals surface area (Å²) in [5.74, 6) is -0.851. The number of nitrogens with zero attached hydrogens (tertiary/aromatic N) is 2. The molecule has 1 aromatic carbocycles. The Morgan fingerprint density at radius 2 is 1.90 bits per heavy atom. The van der Waals surface area contributed by atoms with Crippen LogP contribution in [0.25, 0.3) is 0 Å². The van der Waals surface area contributed by atoms with E-state index >= 15 is 0 Å². The van der Waals surface area contributed by atoms with Crippen LogP contribution in [0.2, 0.25) is 0 Å². The number of benzene rings is 1. The summed E-state index contributed by atoms with van der Waals surface area (Å²) in [6, 6.07) is 11.2. The van der Waals surface area contributed by atoms with Gasteiger partial charge in [-0.1, -0.05) is 37.3 Å². The molecule has 1 aliphatic heterocycles. The molecule has 1 aromatic heterocycles. The Bertz CT molecular complexity index is 859. The highest BCUT2D eigenvalue weighted by Crippen LogP contribution is 2.30. The summed E-state index contributed by atoms with van der Waals surface area (Å²) in [5, 5.41) is 8.42. The number of rotatable bonds is 6. The lowest BCUT2D eigenvalue weighted by molar-refractivity contribution is -0.134. The first-order valence-corrected chi connectivity index (χ1v) is 10.0. The van der Waals surface area contributed by atoms with E-state index in [2.05, 4.69) is 10.2 Å². The normalized spacial score (nSPS) is 16.3. The first kappa shape index (κ1) is 21.9. The van der Waals surface area contributed by atoms with E-state index in [1.54, 1.807) is 0 Å². The van der Waals surface area contributed by atoms with Gasteiger partial charge in [0.1, 0.15) is 12.2 Å². The summed E-state index contributed by atoms with van der Waals surface area (Å²) < 4.78 is 36.7. The van der Waals surface area contributed by atoms with Crippen molar-refractivity contribution < 1.29 is 22.8 Å². The smallest absolute Gasteiger partial charge is 0.342 e. The lowest BCUT2D eigenvalue weighted by Gasteiger charge is -2.34. The Hall–Kier alpha value is -2.84. The van der Waals surface area contributed by atoms with Crippen LogP contribution in [0.3, 0.4) is 0 Å². The Labute approximate surface area is 172 Å². The number of carbonyl (C=O) groups is 2. The Morgan fingerprint density at radius 1 is 1.23 bits per heavy atom. The minimum Gasteiger partial charge on any atom is -0.342 e. The molecule has 1 fully saturated rings. The van der Waals surface area contributed by atoms with Crippen molar-refractivity contribution in [2.24, 2.45) is 0 Å². The third kappa shape index (κ3) is 5.40. The number of hydrogen-bond donors (Lipinski definition) is 2. The lowest BCUT2D eigenvalue weighted by Crippen LogP contribution is -2.40. The van der Waals surface area contributed by atoms with Crippen LogP contribution in [-0.2, 0) is 4.79 Å². The first-order chi connectivity index (χ1) is 14.3. The van der Waals surface area contributed by atoms with E-state index in [1.165, 1.54) is 6.07 Å². The molecule has 0 bridgehead atoms. The molecular weight excluding hydrogens is 397 g/mol. The molecule has 0 radical (unpaired) electrons. The van der Waals surface area contributed by atoms with E-state index in [9.17, 15) is 22.8 Å². The summed E-state index contributed by atoms with van der Waals surface area (Å²) in [5.41, 5.74) is 1.65. The van der Waals surface area contributed by atoms with Crippen molar-refractivity contribution in [2.75, 3.05) is 19.6 Å². The van der Waals surface area contributed by atoms with Crippen LogP contribution in [-0.4, -0.2) is 52.7 Å². The summed E-state index contributed by atoms with van der Waals surface area (Å²) in [6.45, 7) is 1.77. The molecule has 6 nitrogen and oxygen atoms in total. The highest BCUT2D eigenvalue weighted by Gasteiger charge is 2.31. The van der Waals surface area contributed by atoms with Crippen molar-refractivity contribution in [3.63, 3.8) is 0 Å². The molecule has 2 N–H and O–H groups in total. The van der Waals surface area contributed by atoms with Crippen LogP contribution in [0.15, 0.2) is 36.4 Å². The molecule has 0 spiro atoms. The lowest BCUT2D eigenvalue weighted by atomic mass is 9.90. The SMILES string of the molecule is CCC(C(=O)N1CCC(c2cc(C(=O)NCC(F)(F)F)n[nH]2)CC1)c1ccccc1. The van der Waals surface area contributed by atoms with E-state index in [-0.39, 0.29) is 23.4 Å². The number of carbonyl (C=O) groups excluding carboxylic acids is 2. The predicted octanol–water partition coefficient (Wildman–Crippen LogP) is 3.60. The van der Waals surface area contributed by atoms with Gasteiger partial charge in [-0.05, 0) is 30.9 Å². The van der Waals surface area contributed by atoms with E-state index < -0.39 is 18.6 Å². The number of likely N-dealkylation sites (tertiary alicyclic amines) is 1. The summed E-state index contributed by atoms with van der Waals surface area (Å²) >= 11 is 0. The average molecular weight is 422 g/mol. The second-order valence-corrected chi connectivity index (χ2v) is 7.48. The van der Waals surface area contributed by atoms with Gasteiger partial charge in [0.15, 0.2) is 0 Å². The Morgan fingerprint density at radius 3 is 2.50 bits per heavy atom. The van der Waals surface area contributed by atoms with Crippen LogP contribution in [0, 0.1) is 0 Å². The average Bonchev–Trinajstić information content (AvgIpc) is 3.23. The van der Waals surface area contributed by atoms with Crippen molar-refractivity contribution in [3.8, 4) is 0 Å². The molecule has 2 amide bonds. The van der Waals surface area contributed by atoms with Crippen LogP contribution >= 0.6 is 0 Å². The van der Waals surface area contributed by atoms with Gasteiger partial charge in [0.05, 0.1) is 5.92 Å². The zero-order valence-electron chi connectivity index (χ0n) is 16.7. The van der Waals surface area contributed by atoms with E-state index in [4.69, 9.17) is 0 Å². The van der Waals surface area contributed by atoms with Crippen LogP contribution < -0.4 is 5.32 Å². The fourth-order valence-corrected chi connectivity index (χ4v) is 3.80. The van der Waals surface area contributed by atoms with Crippen molar-refractivity contribution in [2.45, 2.75) is 44.2 Å². The molecular formula is C21H25F3N4O2. The van der Waals surface area contributed by atoms with Gasteiger partial charge in [0.25, 0.3) is 5.91 Å². The van der Waals surface area contributed by atoms with E-state index in [0.29, 0.717) is 31.6 Å². The molecule has 9 heteroatoms. The highest BCUT2D eigenvalue weighted by molar-refractivity contribution is 5.92. The molecule has 1 unspecified atom stereocenters. The topological polar surface area (TPSA) is 78.1 Å². The molecule has 162 valence electrons. The van der Waals surface area contributed by atoms with E-state index in [1.807, 2.05) is 47.5 Å². The zero-order valence-corrected chi connectivity index (χ0v) is 16.7. The maximum atomic E-state index is 13.0. The fraction of sp³-hybridized carbons (Fsp3) is 0.476. The van der Waals surface area contributed by atoms with Gasteiger partial charge in [-0.2, -0.15) is 18.3 Å². The standard InChI is InChI=1S/C21H25F3N4O2/c1-2-16(14-6-4-3-5-7-14)20(30)28-10-8-15(9-11-28)17-12-18(27-26-17)19(29)25-13-21(22,23)24/h3-7,12,15-16H,2,8-11,13H2,1H3,(H,25,29)(H,26,27). The van der Waals surface area contributed by atoms with Gasteiger partial charge in [0.2, 0.25) is 5.91 Å². The van der Waals surface area contributed by atoms with Crippen LogP contribution in [0.4, 0.5) is 13.2 Å². The number of halogens is 3. The Kier molecular flexibility index (Phi) is 6.79. The molecule has 0 aliphatic carbocycles. The number of H-pyrrole nitrogens is 1. The number of nitrogens with one attached hydrogen (secondary N) is 2. The Balaban J connectivity index is 1.56. The van der Waals surface area contributed by atoms with Crippen molar-refractivity contribution in [3.05, 3.63) is 53.3 Å². The molecule has 30 heavy (non-hydrogen) atoms. The molecule has 3 rings (SSSR count). The molecule has 1 atom stereocenters. The summed E-state index contributed by atoms with van der Waals surface area (Å²) in [6.07, 6.45) is -2.35. The van der Waals surface area contributed by atoms with Gasteiger partial charge < -0.3 is 10.2 Å². The third-order valence-corrected chi connectivity index (χ3v) is 5.43. The van der Waals surface area contributed by atoms with Crippen molar-refractivity contribution >= 4 is 11.8 Å². The number of aromatic amines is 1. The zero-order chi connectivity index (χ0) is 21.7.